The molecule has 0 heterocycles. The molecule has 3 aromatic carbocycles. The minimum atomic E-state index is -2.90. The van der Waals surface area contributed by atoms with Gasteiger partial charge in [-0.3, -0.25) is 0 Å². The fraction of sp³-hybridized carbons (Fsp3) is 0.333. The van der Waals surface area contributed by atoms with Crippen LogP contribution in [0.15, 0.2) is 104 Å². The van der Waals surface area contributed by atoms with Gasteiger partial charge < -0.3 is 9.16 Å². The van der Waals surface area contributed by atoms with Crippen LogP contribution in [0.2, 0.25) is 5.04 Å². The number of benzene rings is 3. The molecular formula is C30H35FO2Si. The van der Waals surface area contributed by atoms with Crippen LogP contribution in [0.3, 0.4) is 0 Å². The smallest absolute Gasteiger partial charge is 0.261 e. The maximum absolute atomic E-state index is 15.9. The Hall–Kier alpha value is -2.53. The first-order valence-electron chi connectivity index (χ1n) is 12.1. The van der Waals surface area contributed by atoms with Crippen molar-refractivity contribution in [2.24, 2.45) is 5.92 Å². The number of hydrogen-bond donors (Lipinski definition) is 0. The first-order valence-corrected chi connectivity index (χ1v) is 14.0. The second-order valence-electron chi connectivity index (χ2n) is 10.2. The zero-order valence-electron chi connectivity index (χ0n) is 20.4. The monoisotopic (exact) mass is 474 g/mol. The number of allylic oxidation sites excluding steroid dienone is 1. The van der Waals surface area contributed by atoms with Gasteiger partial charge in [0.25, 0.3) is 8.32 Å². The molecule has 34 heavy (non-hydrogen) atoms. The molecule has 1 aliphatic rings. The van der Waals surface area contributed by atoms with Crippen LogP contribution >= 0.6 is 0 Å². The Morgan fingerprint density at radius 2 is 1.38 bits per heavy atom. The topological polar surface area (TPSA) is 18.5 Å². The van der Waals surface area contributed by atoms with Gasteiger partial charge in [-0.05, 0) is 27.4 Å². The predicted octanol–water partition coefficient (Wildman–Crippen LogP) is 6.06. The predicted molar refractivity (Wildman–Crippen MR) is 141 cm³/mol. The SMILES string of the molecule is C=C[C@H]1C[C@H](OCc2ccccc2)[C@H](O[Si](c2ccccc2)(c2ccccc2)C(C)(C)C)[C@H]1F. The third-order valence-corrected chi connectivity index (χ3v) is 12.0. The van der Waals surface area contributed by atoms with Crippen molar-refractivity contribution in [2.45, 2.75) is 57.2 Å². The maximum Gasteiger partial charge on any atom is 0.261 e. The molecule has 0 aromatic heterocycles. The second kappa shape index (κ2) is 10.4. The zero-order chi connectivity index (χ0) is 24.2. The molecule has 4 atom stereocenters. The highest BCUT2D eigenvalue weighted by Crippen LogP contribution is 2.42. The molecule has 3 aromatic rings. The molecule has 4 heteroatoms. The highest BCUT2D eigenvalue weighted by Gasteiger charge is 2.55. The molecule has 0 radical (unpaired) electrons. The van der Waals surface area contributed by atoms with Crippen molar-refractivity contribution in [3.8, 4) is 0 Å². The van der Waals surface area contributed by atoms with Gasteiger partial charge in [0.1, 0.15) is 12.3 Å². The lowest BCUT2D eigenvalue weighted by atomic mass is 10.1. The van der Waals surface area contributed by atoms with Crippen molar-refractivity contribution in [3.63, 3.8) is 0 Å². The summed E-state index contributed by atoms with van der Waals surface area (Å²) in [4.78, 5) is 0. The highest BCUT2D eigenvalue weighted by atomic mass is 28.4. The van der Waals surface area contributed by atoms with E-state index in [0.717, 1.165) is 15.9 Å². The first kappa shape index (κ1) is 24.6. The molecular weight excluding hydrogens is 439 g/mol. The van der Waals surface area contributed by atoms with Crippen molar-refractivity contribution in [1.29, 1.82) is 0 Å². The lowest BCUT2D eigenvalue weighted by molar-refractivity contribution is -0.0374. The standard InChI is InChI=1S/C30H35FO2Si/c1-5-24-21-27(32-22-23-15-9-6-10-16-23)29(28(24)31)33-34(30(2,3)4,25-17-11-7-12-18-25)26-19-13-8-14-20-26/h5-20,24,27-29H,1,21-22H2,2-4H3/t24-,27-,28-,29-/m0/s1. The lowest BCUT2D eigenvalue weighted by Crippen LogP contribution is -2.68. The van der Waals surface area contributed by atoms with Crippen LogP contribution in [0.5, 0.6) is 0 Å². The normalized spacial score (nSPS) is 23.1. The van der Waals surface area contributed by atoms with E-state index >= 15 is 4.39 Å². The molecule has 1 fully saturated rings. The third-order valence-electron chi connectivity index (χ3n) is 6.93. The van der Waals surface area contributed by atoms with Crippen molar-refractivity contribution < 1.29 is 13.6 Å². The molecule has 178 valence electrons. The van der Waals surface area contributed by atoms with E-state index < -0.39 is 20.6 Å². The van der Waals surface area contributed by atoms with Crippen LogP contribution in [0.1, 0.15) is 32.8 Å². The van der Waals surface area contributed by atoms with Crippen LogP contribution in [0, 0.1) is 5.92 Å². The molecule has 1 saturated carbocycles. The van der Waals surface area contributed by atoms with E-state index in [2.05, 4.69) is 51.6 Å². The summed E-state index contributed by atoms with van der Waals surface area (Å²) >= 11 is 0. The Kier molecular flexibility index (Phi) is 7.51. The summed E-state index contributed by atoms with van der Waals surface area (Å²) in [6.07, 6.45) is 0.108. The van der Waals surface area contributed by atoms with Gasteiger partial charge >= 0.3 is 0 Å². The van der Waals surface area contributed by atoms with E-state index in [1.54, 1.807) is 6.08 Å². The van der Waals surface area contributed by atoms with E-state index in [1.807, 2.05) is 66.7 Å². The lowest BCUT2D eigenvalue weighted by Gasteiger charge is -2.45. The Morgan fingerprint density at radius 3 is 1.85 bits per heavy atom. The number of alkyl halides is 1. The summed E-state index contributed by atoms with van der Waals surface area (Å²) < 4.78 is 29.4. The summed E-state index contributed by atoms with van der Waals surface area (Å²) in [5, 5.41) is 2.06. The van der Waals surface area contributed by atoms with Gasteiger partial charge in [-0.15, -0.1) is 6.58 Å². The molecule has 0 spiro atoms. The van der Waals surface area contributed by atoms with E-state index in [0.29, 0.717) is 13.0 Å². The van der Waals surface area contributed by atoms with Gasteiger partial charge in [0.05, 0.1) is 12.7 Å². The van der Waals surface area contributed by atoms with Crippen LogP contribution in [0.4, 0.5) is 4.39 Å². The van der Waals surface area contributed by atoms with Crippen LogP contribution < -0.4 is 10.4 Å². The second-order valence-corrected chi connectivity index (χ2v) is 14.4. The minimum Gasteiger partial charge on any atom is -0.399 e. The molecule has 4 rings (SSSR count). The van der Waals surface area contributed by atoms with E-state index in [1.165, 1.54) is 0 Å². The van der Waals surface area contributed by atoms with Crippen LogP contribution in [-0.2, 0) is 15.8 Å². The number of ether oxygens (including phenoxy) is 1. The Balaban J connectivity index is 1.76. The summed E-state index contributed by atoms with van der Waals surface area (Å²) in [7, 11) is -2.90. The molecule has 1 aliphatic carbocycles. The van der Waals surface area contributed by atoms with Crippen molar-refractivity contribution >= 4 is 18.7 Å². The number of halogens is 1. The van der Waals surface area contributed by atoms with Crippen LogP contribution in [0.25, 0.3) is 0 Å². The third kappa shape index (κ3) is 4.81. The Bertz CT molecular complexity index is 1010. The minimum absolute atomic E-state index is 0.230. The van der Waals surface area contributed by atoms with E-state index in [-0.39, 0.29) is 17.1 Å². The summed E-state index contributed by atoms with van der Waals surface area (Å²) in [5.41, 5.74) is 1.07. The summed E-state index contributed by atoms with van der Waals surface area (Å²) in [5.74, 6) is -0.288. The van der Waals surface area contributed by atoms with Crippen molar-refractivity contribution in [2.75, 3.05) is 0 Å². The van der Waals surface area contributed by atoms with Gasteiger partial charge in [-0.1, -0.05) is 118 Å². The van der Waals surface area contributed by atoms with Gasteiger partial charge in [0, 0.05) is 5.92 Å². The molecule has 0 aliphatic heterocycles. The summed E-state index contributed by atoms with van der Waals surface area (Å²) in [6.45, 7) is 11.0. The summed E-state index contributed by atoms with van der Waals surface area (Å²) in [6, 6.07) is 30.8. The zero-order valence-corrected chi connectivity index (χ0v) is 21.4. The Labute approximate surface area is 204 Å². The van der Waals surface area contributed by atoms with E-state index in [4.69, 9.17) is 9.16 Å². The van der Waals surface area contributed by atoms with E-state index in [9.17, 15) is 0 Å². The largest absolute Gasteiger partial charge is 0.399 e. The first-order chi connectivity index (χ1) is 16.4. The molecule has 0 saturated heterocycles. The van der Waals surface area contributed by atoms with Crippen molar-refractivity contribution in [3.05, 3.63) is 109 Å². The quantitative estimate of drug-likeness (QED) is 0.292. The molecule has 0 unspecified atom stereocenters. The molecule has 2 nitrogen and oxygen atoms in total. The van der Waals surface area contributed by atoms with Gasteiger partial charge in [0.15, 0.2) is 0 Å². The molecule has 0 N–H and O–H groups in total. The van der Waals surface area contributed by atoms with Gasteiger partial charge in [0.2, 0.25) is 0 Å². The number of hydrogen-bond acceptors (Lipinski definition) is 2. The Morgan fingerprint density at radius 1 is 0.882 bits per heavy atom. The average molecular weight is 475 g/mol. The molecule has 0 amide bonds. The number of rotatable bonds is 8. The molecule has 0 bridgehead atoms. The fourth-order valence-electron chi connectivity index (χ4n) is 5.18. The van der Waals surface area contributed by atoms with Crippen LogP contribution in [-0.4, -0.2) is 26.7 Å². The highest BCUT2D eigenvalue weighted by molar-refractivity contribution is 6.99. The van der Waals surface area contributed by atoms with Gasteiger partial charge in [-0.25, -0.2) is 4.39 Å². The van der Waals surface area contributed by atoms with Crippen molar-refractivity contribution in [1.82, 2.24) is 0 Å². The van der Waals surface area contributed by atoms with Gasteiger partial charge in [-0.2, -0.15) is 0 Å². The maximum atomic E-state index is 15.9. The fourth-order valence-corrected chi connectivity index (χ4v) is 9.89. The average Bonchev–Trinajstić information content (AvgIpc) is 3.16.